The third-order valence-electron chi connectivity index (χ3n) is 2.80. The Morgan fingerprint density at radius 3 is 2.65 bits per heavy atom. The quantitative estimate of drug-likeness (QED) is 0.869. The minimum atomic E-state index is -0.742. The maximum absolute atomic E-state index is 12.9. The molecule has 4 nitrogen and oxygen atoms in total. The highest BCUT2D eigenvalue weighted by Gasteiger charge is 2.13. The Balaban J connectivity index is 1.96. The fraction of sp³-hybridized carbons (Fsp3) is 0.333. The van der Waals surface area contributed by atoms with E-state index < -0.39 is 5.60 Å². The summed E-state index contributed by atoms with van der Waals surface area (Å²) < 4.78 is 18.5. The van der Waals surface area contributed by atoms with E-state index in [2.05, 4.69) is 5.43 Å². The maximum atomic E-state index is 12.9. The van der Waals surface area contributed by atoms with Crippen LogP contribution in [-0.2, 0) is 4.74 Å². The number of aliphatic hydroxyl groups is 1. The molecule has 20 heavy (non-hydrogen) atoms. The summed E-state index contributed by atoms with van der Waals surface area (Å²) in [6.45, 7) is 3.92. The van der Waals surface area contributed by atoms with Crippen molar-refractivity contribution in [1.29, 1.82) is 0 Å². The van der Waals surface area contributed by atoms with Gasteiger partial charge in [0, 0.05) is 12.6 Å². The van der Waals surface area contributed by atoms with Crippen LogP contribution >= 0.6 is 0 Å². The number of nitrogens with one attached hydrogen (secondary N) is 1. The number of allylic oxidation sites excluding steroid dienone is 1. The largest absolute Gasteiger partial charge is 0.492 e. The predicted octanol–water partition coefficient (Wildman–Crippen LogP) is 2.68. The number of hydrogen-bond acceptors (Lipinski definition) is 4. The van der Waals surface area contributed by atoms with Crippen LogP contribution in [0.3, 0.4) is 0 Å². The molecule has 1 aromatic carbocycles. The zero-order valence-electron chi connectivity index (χ0n) is 11.6. The lowest BCUT2D eigenvalue weighted by molar-refractivity contribution is 0.0450. The second-order valence-corrected chi connectivity index (χ2v) is 5.25. The Kier molecular flexibility index (Phi) is 4.29. The monoisotopic (exact) mass is 278 g/mol. The Morgan fingerprint density at radius 1 is 1.30 bits per heavy atom. The van der Waals surface area contributed by atoms with Crippen LogP contribution in [0.4, 0.5) is 10.1 Å². The molecule has 0 radical (unpaired) electrons. The summed E-state index contributed by atoms with van der Waals surface area (Å²) >= 11 is 0. The van der Waals surface area contributed by atoms with Gasteiger partial charge in [0.2, 0.25) is 0 Å². The van der Waals surface area contributed by atoms with Crippen LogP contribution in [0.5, 0.6) is 0 Å². The van der Waals surface area contributed by atoms with Crippen molar-refractivity contribution in [1.82, 2.24) is 5.43 Å². The molecular weight excluding hydrogens is 259 g/mol. The van der Waals surface area contributed by atoms with E-state index in [1.807, 2.05) is 0 Å². The van der Waals surface area contributed by atoms with E-state index >= 15 is 0 Å². The van der Waals surface area contributed by atoms with Gasteiger partial charge in [-0.15, -0.1) is 0 Å². The molecule has 1 aromatic rings. The molecule has 2 N–H and O–H groups in total. The molecule has 0 amide bonds. The first-order valence-electron chi connectivity index (χ1n) is 6.49. The van der Waals surface area contributed by atoms with Gasteiger partial charge in [-0.25, -0.2) is 4.39 Å². The molecule has 1 aliphatic heterocycles. The van der Waals surface area contributed by atoms with Crippen molar-refractivity contribution in [2.45, 2.75) is 25.9 Å². The van der Waals surface area contributed by atoms with E-state index in [0.717, 1.165) is 5.69 Å². The molecule has 0 aromatic heterocycles. The zero-order chi connectivity index (χ0) is 14.6. The first-order valence-corrected chi connectivity index (χ1v) is 6.49. The zero-order valence-corrected chi connectivity index (χ0v) is 11.6. The van der Waals surface area contributed by atoms with E-state index in [1.165, 1.54) is 12.1 Å². The van der Waals surface area contributed by atoms with Gasteiger partial charge in [0.1, 0.15) is 11.6 Å². The van der Waals surface area contributed by atoms with Crippen molar-refractivity contribution in [2.24, 2.45) is 0 Å². The SMILES string of the molecule is CC(C)(O)CCOC1=CN(c2ccc(F)cc2)NC=C1. The summed E-state index contributed by atoms with van der Waals surface area (Å²) in [4.78, 5) is 0. The average Bonchev–Trinajstić information content (AvgIpc) is 2.38. The molecule has 108 valence electrons. The van der Waals surface area contributed by atoms with Gasteiger partial charge < -0.3 is 15.3 Å². The van der Waals surface area contributed by atoms with E-state index in [0.29, 0.717) is 18.8 Å². The van der Waals surface area contributed by atoms with E-state index in [9.17, 15) is 9.50 Å². The first kappa shape index (κ1) is 14.4. The Labute approximate surface area is 118 Å². The minimum Gasteiger partial charge on any atom is -0.492 e. The number of ether oxygens (including phenoxy) is 1. The van der Waals surface area contributed by atoms with Crippen LogP contribution in [0.1, 0.15) is 20.3 Å². The fourth-order valence-corrected chi connectivity index (χ4v) is 1.66. The average molecular weight is 278 g/mol. The standard InChI is InChI=1S/C15H19FN2O2/c1-15(2,19)8-10-20-14-7-9-17-18(11-14)13-5-3-12(16)4-6-13/h3-7,9,11,17,19H,8,10H2,1-2H3. The number of benzene rings is 1. The normalized spacial score (nSPS) is 14.8. The molecule has 0 spiro atoms. The summed E-state index contributed by atoms with van der Waals surface area (Å²) in [5.41, 5.74) is 3.08. The van der Waals surface area contributed by atoms with Crippen molar-refractivity contribution in [3.8, 4) is 0 Å². The molecule has 0 bridgehead atoms. The fourth-order valence-electron chi connectivity index (χ4n) is 1.66. The molecule has 2 rings (SSSR count). The van der Waals surface area contributed by atoms with E-state index in [1.54, 1.807) is 49.5 Å². The number of hydrogen-bond donors (Lipinski definition) is 2. The molecule has 0 saturated heterocycles. The molecular formula is C15H19FN2O2. The van der Waals surface area contributed by atoms with E-state index in [4.69, 9.17) is 4.74 Å². The van der Waals surface area contributed by atoms with Gasteiger partial charge in [0.05, 0.1) is 24.1 Å². The van der Waals surface area contributed by atoms with Crippen LogP contribution < -0.4 is 10.4 Å². The molecule has 0 unspecified atom stereocenters. The van der Waals surface area contributed by atoms with Gasteiger partial charge in [-0.05, 0) is 44.2 Å². The molecule has 0 fully saturated rings. The van der Waals surface area contributed by atoms with Gasteiger partial charge >= 0.3 is 0 Å². The third kappa shape index (κ3) is 4.28. The van der Waals surface area contributed by atoms with Crippen molar-refractivity contribution in [2.75, 3.05) is 11.6 Å². The lowest BCUT2D eigenvalue weighted by atomic mass is 10.1. The summed E-state index contributed by atoms with van der Waals surface area (Å²) in [6, 6.07) is 6.15. The number of nitrogens with zero attached hydrogens (tertiary/aromatic N) is 1. The lowest BCUT2D eigenvalue weighted by Crippen LogP contribution is -2.31. The minimum absolute atomic E-state index is 0.271. The third-order valence-corrected chi connectivity index (χ3v) is 2.80. The predicted molar refractivity (Wildman–Crippen MR) is 76.1 cm³/mol. The Bertz CT molecular complexity index is 504. The maximum Gasteiger partial charge on any atom is 0.139 e. The Hall–Kier alpha value is -2.01. The highest BCUT2D eigenvalue weighted by atomic mass is 19.1. The van der Waals surface area contributed by atoms with Crippen molar-refractivity contribution >= 4 is 5.69 Å². The van der Waals surface area contributed by atoms with Crippen LogP contribution in [0.2, 0.25) is 0 Å². The number of hydrazine groups is 1. The molecule has 5 heteroatoms. The summed E-state index contributed by atoms with van der Waals surface area (Å²) in [6.07, 6.45) is 5.85. The number of halogens is 1. The van der Waals surface area contributed by atoms with E-state index in [-0.39, 0.29) is 5.82 Å². The van der Waals surface area contributed by atoms with Gasteiger partial charge in [-0.2, -0.15) is 0 Å². The van der Waals surface area contributed by atoms with Crippen molar-refractivity contribution < 1.29 is 14.2 Å². The van der Waals surface area contributed by atoms with Crippen LogP contribution in [0, 0.1) is 5.82 Å². The second kappa shape index (κ2) is 5.96. The van der Waals surface area contributed by atoms with Gasteiger partial charge in [0.25, 0.3) is 0 Å². The van der Waals surface area contributed by atoms with Gasteiger partial charge in [0.15, 0.2) is 0 Å². The van der Waals surface area contributed by atoms with Crippen LogP contribution in [0.25, 0.3) is 0 Å². The first-order chi connectivity index (χ1) is 9.44. The molecule has 0 aliphatic carbocycles. The van der Waals surface area contributed by atoms with Crippen LogP contribution in [-0.4, -0.2) is 17.3 Å². The number of anilines is 1. The summed E-state index contributed by atoms with van der Waals surface area (Å²) in [5, 5.41) is 11.4. The highest BCUT2D eigenvalue weighted by molar-refractivity contribution is 5.50. The van der Waals surface area contributed by atoms with Gasteiger partial charge in [-0.3, -0.25) is 5.01 Å². The highest BCUT2D eigenvalue weighted by Crippen LogP contribution is 2.18. The molecule has 0 saturated carbocycles. The summed E-state index contributed by atoms with van der Waals surface area (Å²) in [7, 11) is 0. The van der Waals surface area contributed by atoms with Crippen molar-refractivity contribution in [3.05, 3.63) is 54.3 Å². The summed E-state index contributed by atoms with van der Waals surface area (Å²) in [5.74, 6) is 0.407. The second-order valence-electron chi connectivity index (χ2n) is 5.25. The molecule has 1 aliphatic rings. The Morgan fingerprint density at radius 2 is 2.00 bits per heavy atom. The van der Waals surface area contributed by atoms with Crippen LogP contribution in [0.15, 0.2) is 48.5 Å². The topological polar surface area (TPSA) is 44.7 Å². The number of rotatable bonds is 5. The van der Waals surface area contributed by atoms with Gasteiger partial charge in [-0.1, -0.05) is 0 Å². The van der Waals surface area contributed by atoms with Crippen molar-refractivity contribution in [3.63, 3.8) is 0 Å². The lowest BCUT2D eigenvalue weighted by Gasteiger charge is -2.25. The molecule has 0 atom stereocenters. The smallest absolute Gasteiger partial charge is 0.139 e. The molecule has 1 heterocycles.